The predicted octanol–water partition coefficient (Wildman–Crippen LogP) is 2.16. The Hall–Kier alpha value is -1.39. The van der Waals surface area contributed by atoms with Gasteiger partial charge in [-0.3, -0.25) is 9.59 Å². The summed E-state index contributed by atoms with van der Waals surface area (Å²) in [4.78, 5) is 21.1. The van der Waals surface area contributed by atoms with E-state index in [9.17, 15) is 9.59 Å². The summed E-state index contributed by atoms with van der Waals surface area (Å²) in [5.41, 5.74) is 4.22. The normalized spacial score (nSPS) is 18.6. The third-order valence-electron chi connectivity index (χ3n) is 3.23. The molecule has 0 fully saturated rings. The number of ketones is 1. The Bertz CT molecular complexity index is 327. The third kappa shape index (κ3) is 7.59. The van der Waals surface area contributed by atoms with Crippen LogP contribution in [0.1, 0.15) is 47.5 Å². The van der Waals surface area contributed by atoms with E-state index in [1.165, 1.54) is 26.0 Å². The van der Waals surface area contributed by atoms with Gasteiger partial charge in [0.1, 0.15) is 12.4 Å². The van der Waals surface area contributed by atoms with Gasteiger partial charge in [0.25, 0.3) is 0 Å². The molecule has 1 aliphatic rings. The van der Waals surface area contributed by atoms with E-state index in [0.29, 0.717) is 5.92 Å². The van der Waals surface area contributed by atoms with Crippen molar-refractivity contribution in [1.82, 2.24) is 5.43 Å². The zero-order valence-corrected chi connectivity index (χ0v) is 12.7. The van der Waals surface area contributed by atoms with Crippen LogP contribution in [0.4, 0.5) is 0 Å². The Morgan fingerprint density at radius 3 is 2.32 bits per heavy atom. The molecule has 0 radical (unpaired) electrons. The first-order valence-electron chi connectivity index (χ1n) is 6.83. The fourth-order valence-electron chi connectivity index (χ4n) is 1.70. The number of hydrogen-bond acceptors (Lipinski definition) is 5. The van der Waals surface area contributed by atoms with Gasteiger partial charge in [0.15, 0.2) is 0 Å². The second kappa shape index (κ2) is 9.53. The molecule has 2 atom stereocenters. The molecule has 0 spiro atoms. The smallest absolute Gasteiger partial charge is 0.302 e. The van der Waals surface area contributed by atoms with Crippen LogP contribution in [-0.4, -0.2) is 30.6 Å². The zero-order chi connectivity index (χ0) is 14.8. The van der Waals surface area contributed by atoms with Crippen LogP contribution in [0.3, 0.4) is 0 Å². The Labute approximate surface area is 115 Å². The molecule has 0 saturated heterocycles. The molecule has 1 aliphatic heterocycles. The van der Waals surface area contributed by atoms with Crippen molar-refractivity contribution in [1.29, 1.82) is 0 Å². The highest BCUT2D eigenvalue weighted by Crippen LogP contribution is 2.07. The van der Waals surface area contributed by atoms with Crippen molar-refractivity contribution in [2.75, 3.05) is 13.2 Å². The fraction of sp³-hybridized carbons (Fsp3) is 0.786. The van der Waals surface area contributed by atoms with Crippen molar-refractivity contribution in [3.8, 4) is 0 Å². The molecular formula is C14H26N2O3. The summed E-state index contributed by atoms with van der Waals surface area (Å²) in [6, 6.07) is 0. The largest absolute Gasteiger partial charge is 0.465 e. The van der Waals surface area contributed by atoms with Crippen LogP contribution in [0, 0.1) is 11.8 Å². The number of carbonyl (C=O) groups is 2. The molecule has 5 heteroatoms. The lowest BCUT2D eigenvalue weighted by Gasteiger charge is -2.09. The summed E-state index contributed by atoms with van der Waals surface area (Å²) in [6.45, 7) is 10.3. The van der Waals surface area contributed by atoms with Crippen LogP contribution >= 0.6 is 0 Å². The van der Waals surface area contributed by atoms with Crippen LogP contribution in [0.5, 0.6) is 0 Å². The number of Topliss-reactive ketones (excluding diaryl/α,β-unsaturated/α-hetero) is 1. The maximum atomic E-state index is 10.8. The summed E-state index contributed by atoms with van der Waals surface area (Å²) in [6.07, 6.45) is 1.94. The molecule has 0 amide bonds. The van der Waals surface area contributed by atoms with Crippen LogP contribution in [0.2, 0.25) is 0 Å². The molecule has 0 bridgehead atoms. The van der Waals surface area contributed by atoms with Gasteiger partial charge < -0.3 is 10.2 Å². The highest BCUT2D eigenvalue weighted by Gasteiger charge is 2.13. The molecule has 0 aliphatic carbocycles. The van der Waals surface area contributed by atoms with Gasteiger partial charge in [-0.05, 0) is 26.7 Å². The highest BCUT2D eigenvalue weighted by molar-refractivity contribution is 5.85. The number of hydrogen-bond donors (Lipinski definition) is 1. The fourth-order valence-corrected chi connectivity index (χ4v) is 1.70. The minimum absolute atomic E-state index is 0.0775. The maximum Gasteiger partial charge on any atom is 0.302 e. The van der Waals surface area contributed by atoms with E-state index in [0.717, 1.165) is 13.0 Å². The van der Waals surface area contributed by atoms with Crippen LogP contribution in [-0.2, 0) is 14.3 Å². The maximum absolute atomic E-state index is 10.8. The molecule has 2 unspecified atom stereocenters. The van der Waals surface area contributed by atoms with E-state index < -0.39 is 0 Å². The first-order valence-corrected chi connectivity index (χ1v) is 6.83. The van der Waals surface area contributed by atoms with Gasteiger partial charge in [-0.2, -0.15) is 5.10 Å². The van der Waals surface area contributed by atoms with E-state index >= 15 is 0 Å². The summed E-state index contributed by atoms with van der Waals surface area (Å²) in [5, 5.41) is 4.06. The first-order chi connectivity index (χ1) is 8.92. The van der Waals surface area contributed by atoms with E-state index in [4.69, 9.17) is 4.74 Å². The predicted molar refractivity (Wildman–Crippen MR) is 76.0 cm³/mol. The van der Waals surface area contributed by atoms with E-state index in [-0.39, 0.29) is 24.3 Å². The van der Waals surface area contributed by atoms with Crippen molar-refractivity contribution >= 4 is 17.5 Å². The first kappa shape index (κ1) is 17.6. The van der Waals surface area contributed by atoms with Crippen molar-refractivity contribution in [2.24, 2.45) is 16.9 Å². The molecule has 1 rings (SSSR count). The molecule has 5 nitrogen and oxygen atoms in total. The van der Waals surface area contributed by atoms with Crippen molar-refractivity contribution in [3.63, 3.8) is 0 Å². The number of nitrogens with zero attached hydrogens (tertiary/aromatic N) is 1. The van der Waals surface area contributed by atoms with Gasteiger partial charge >= 0.3 is 5.97 Å². The highest BCUT2D eigenvalue weighted by atomic mass is 16.5. The molecule has 1 N–H and O–H groups in total. The van der Waals surface area contributed by atoms with Crippen molar-refractivity contribution < 1.29 is 14.3 Å². The SMILES string of the molecule is CCC(COC(C)=O)C(C)=O.CCC1CNN=C1C. The molecule has 0 aromatic carbocycles. The molecule has 1 heterocycles. The second-order valence-corrected chi connectivity index (χ2v) is 4.74. The summed E-state index contributed by atoms with van der Waals surface area (Å²) < 4.78 is 4.70. The minimum atomic E-state index is -0.329. The van der Waals surface area contributed by atoms with Crippen molar-refractivity contribution in [2.45, 2.75) is 47.5 Å². The Balaban J connectivity index is 0.000000356. The topological polar surface area (TPSA) is 67.8 Å². The quantitative estimate of drug-likeness (QED) is 0.777. The van der Waals surface area contributed by atoms with Gasteiger partial charge in [-0.15, -0.1) is 0 Å². The van der Waals surface area contributed by atoms with E-state index in [1.807, 2.05) is 6.92 Å². The number of ether oxygens (including phenoxy) is 1. The Morgan fingerprint density at radius 2 is 2.05 bits per heavy atom. The number of rotatable bonds is 5. The number of nitrogens with one attached hydrogen (secondary N) is 1. The standard InChI is InChI=1S/C8H14O3.C6H12N2/c1-4-8(6(2)9)5-11-7(3)10;1-3-6-4-7-8-5(6)2/h8H,4-5H2,1-3H3;6-7H,3-4H2,1-2H3. The van der Waals surface area contributed by atoms with Gasteiger partial charge in [0.05, 0.1) is 5.92 Å². The van der Waals surface area contributed by atoms with Crippen LogP contribution in [0.25, 0.3) is 0 Å². The average Bonchev–Trinajstić information content (AvgIpc) is 2.75. The zero-order valence-electron chi connectivity index (χ0n) is 12.7. The number of esters is 1. The molecule has 19 heavy (non-hydrogen) atoms. The molecule has 0 aromatic rings. The number of hydrazone groups is 1. The van der Waals surface area contributed by atoms with Crippen LogP contribution in [0.15, 0.2) is 5.10 Å². The summed E-state index contributed by atoms with van der Waals surface area (Å²) in [5.74, 6) is 0.326. The monoisotopic (exact) mass is 270 g/mol. The van der Waals surface area contributed by atoms with Crippen LogP contribution < -0.4 is 5.43 Å². The molecule has 0 aromatic heterocycles. The Morgan fingerprint density at radius 1 is 1.42 bits per heavy atom. The molecular weight excluding hydrogens is 244 g/mol. The second-order valence-electron chi connectivity index (χ2n) is 4.74. The lowest BCUT2D eigenvalue weighted by atomic mass is 10.0. The lowest BCUT2D eigenvalue weighted by Crippen LogP contribution is -2.18. The average molecular weight is 270 g/mol. The molecule has 110 valence electrons. The van der Waals surface area contributed by atoms with Gasteiger partial charge in [-0.1, -0.05) is 13.8 Å². The summed E-state index contributed by atoms with van der Waals surface area (Å²) >= 11 is 0. The van der Waals surface area contributed by atoms with Gasteiger partial charge in [0.2, 0.25) is 0 Å². The number of carbonyl (C=O) groups excluding carboxylic acids is 2. The van der Waals surface area contributed by atoms with Gasteiger partial charge in [-0.25, -0.2) is 0 Å². The van der Waals surface area contributed by atoms with Gasteiger partial charge in [0, 0.05) is 25.1 Å². The minimum Gasteiger partial charge on any atom is -0.465 e. The summed E-state index contributed by atoms with van der Waals surface area (Å²) in [7, 11) is 0. The lowest BCUT2D eigenvalue weighted by molar-refractivity contribution is -0.143. The van der Waals surface area contributed by atoms with E-state index in [2.05, 4.69) is 24.4 Å². The molecule has 0 saturated carbocycles. The van der Waals surface area contributed by atoms with E-state index in [1.54, 1.807) is 0 Å². The Kier molecular flexibility index (Phi) is 8.83. The third-order valence-corrected chi connectivity index (χ3v) is 3.23. The van der Waals surface area contributed by atoms with Crippen molar-refractivity contribution in [3.05, 3.63) is 0 Å².